The Balaban J connectivity index is 2.88. The molecule has 88 valence electrons. The second-order valence-corrected chi connectivity index (χ2v) is 4.32. The van der Waals surface area contributed by atoms with Gasteiger partial charge >= 0.3 is 0 Å². The Morgan fingerprint density at radius 3 is 2.65 bits per heavy atom. The quantitative estimate of drug-likeness (QED) is 0.233. The van der Waals surface area contributed by atoms with Gasteiger partial charge in [-0.1, -0.05) is 27.7 Å². The van der Waals surface area contributed by atoms with E-state index >= 15 is 0 Å². The van der Waals surface area contributed by atoms with E-state index in [2.05, 4.69) is 26.2 Å². The highest BCUT2D eigenvalue weighted by molar-refractivity contribution is 9.09. The molecule has 1 N–H and O–H groups in total. The zero-order chi connectivity index (χ0) is 12.7. The Morgan fingerprint density at radius 2 is 2.18 bits per heavy atom. The fourth-order valence-electron chi connectivity index (χ4n) is 1.09. The predicted octanol–water partition coefficient (Wildman–Crippen LogP) is 2.69. The number of carbonyl (C=O) groups is 1. The summed E-state index contributed by atoms with van der Waals surface area (Å²) in [4.78, 5) is 15.6. The van der Waals surface area contributed by atoms with Crippen LogP contribution in [0.3, 0.4) is 0 Å². The number of alkyl halides is 1. The van der Waals surface area contributed by atoms with Crippen molar-refractivity contribution in [2.45, 2.75) is 0 Å². The maximum Gasteiger partial charge on any atom is 0.183 e. The molecule has 0 unspecified atom stereocenters. The highest BCUT2D eigenvalue weighted by atomic mass is 79.9. The lowest BCUT2D eigenvalue weighted by Crippen LogP contribution is -2.12. The van der Waals surface area contributed by atoms with Crippen LogP contribution in [0, 0.1) is 11.5 Å². The second kappa shape index (κ2) is 7.09. The number of rotatable bonds is 3. The Kier molecular flexibility index (Phi) is 5.73. The van der Waals surface area contributed by atoms with E-state index in [4.69, 9.17) is 5.26 Å². The van der Waals surface area contributed by atoms with E-state index in [9.17, 15) is 4.79 Å². The molecule has 0 spiro atoms. The molecule has 0 amide bonds. The monoisotopic (exact) mass is 311 g/mol. The van der Waals surface area contributed by atoms with E-state index in [1.165, 1.54) is 11.8 Å². The van der Waals surface area contributed by atoms with Crippen LogP contribution in [0.25, 0.3) is 0 Å². The number of hydrogen-bond donors (Lipinski definition) is 1. The lowest BCUT2D eigenvalue weighted by Gasteiger charge is -2.01. The van der Waals surface area contributed by atoms with Gasteiger partial charge in [0.05, 0.1) is 11.0 Å². The summed E-state index contributed by atoms with van der Waals surface area (Å²) < 4.78 is 0. The molecule has 0 atom stereocenters. The number of amidine groups is 1. The summed E-state index contributed by atoms with van der Waals surface area (Å²) in [6, 6.07) is 6.91. The highest BCUT2D eigenvalue weighted by Gasteiger charge is 2.03. The van der Waals surface area contributed by atoms with Gasteiger partial charge in [0, 0.05) is 5.56 Å². The van der Waals surface area contributed by atoms with Crippen LogP contribution in [-0.4, -0.2) is 22.5 Å². The van der Waals surface area contributed by atoms with Crippen LogP contribution in [0.1, 0.15) is 10.4 Å². The van der Waals surface area contributed by atoms with Crippen molar-refractivity contribution in [1.29, 1.82) is 5.26 Å². The van der Waals surface area contributed by atoms with Crippen molar-refractivity contribution in [2.24, 2.45) is 4.99 Å². The number of nitriles is 1. The van der Waals surface area contributed by atoms with Crippen molar-refractivity contribution in [3.05, 3.63) is 29.8 Å². The number of ketones is 1. The fourth-order valence-corrected chi connectivity index (χ4v) is 1.76. The van der Waals surface area contributed by atoms with Gasteiger partial charge in [0.1, 0.15) is 0 Å². The highest BCUT2D eigenvalue weighted by Crippen LogP contribution is 2.15. The van der Waals surface area contributed by atoms with E-state index in [1.54, 1.807) is 24.3 Å². The Bertz CT molecular complexity index is 465. The molecule has 1 aromatic carbocycles. The van der Waals surface area contributed by atoms with Gasteiger partial charge in [-0.25, -0.2) is 4.99 Å². The van der Waals surface area contributed by atoms with Crippen LogP contribution in [0.5, 0.6) is 0 Å². The molecule has 0 bridgehead atoms. The third-order valence-electron chi connectivity index (χ3n) is 1.90. The average molecular weight is 312 g/mol. The zero-order valence-electron chi connectivity index (χ0n) is 9.11. The van der Waals surface area contributed by atoms with Gasteiger partial charge in [-0.05, 0) is 30.5 Å². The van der Waals surface area contributed by atoms with Crippen molar-refractivity contribution in [3.8, 4) is 6.19 Å². The normalized spacial score (nSPS) is 10.8. The minimum Gasteiger partial charge on any atom is -0.293 e. The summed E-state index contributed by atoms with van der Waals surface area (Å²) >= 11 is 4.46. The third kappa shape index (κ3) is 4.21. The lowest BCUT2D eigenvalue weighted by molar-refractivity contribution is 0.102. The van der Waals surface area contributed by atoms with Crippen molar-refractivity contribution in [1.82, 2.24) is 5.32 Å². The Hall–Kier alpha value is -1.32. The van der Waals surface area contributed by atoms with Gasteiger partial charge < -0.3 is 0 Å². The first-order valence-corrected chi connectivity index (χ1v) is 7.03. The first-order chi connectivity index (χ1) is 8.21. The molecular formula is C11H10BrN3OS. The fraction of sp³-hybridized carbons (Fsp3) is 0.182. The Labute approximate surface area is 112 Å². The van der Waals surface area contributed by atoms with Crippen molar-refractivity contribution in [2.75, 3.05) is 11.6 Å². The molecule has 0 aliphatic rings. The minimum atomic E-state index is 0.0285. The zero-order valence-corrected chi connectivity index (χ0v) is 11.5. The summed E-state index contributed by atoms with van der Waals surface area (Å²) in [7, 11) is 0. The molecule has 0 fully saturated rings. The van der Waals surface area contributed by atoms with Gasteiger partial charge in [-0.15, -0.1) is 0 Å². The van der Waals surface area contributed by atoms with Crippen molar-refractivity contribution >= 4 is 44.3 Å². The van der Waals surface area contributed by atoms with E-state index in [-0.39, 0.29) is 5.78 Å². The molecule has 6 heteroatoms. The number of carbonyl (C=O) groups excluding carboxylic acids is 1. The van der Waals surface area contributed by atoms with E-state index in [1.807, 2.05) is 12.4 Å². The molecular weight excluding hydrogens is 302 g/mol. The van der Waals surface area contributed by atoms with Gasteiger partial charge in [0.2, 0.25) is 0 Å². The Morgan fingerprint density at radius 1 is 1.53 bits per heavy atom. The molecule has 4 nitrogen and oxygen atoms in total. The molecule has 1 rings (SSSR count). The van der Waals surface area contributed by atoms with Crippen molar-refractivity contribution < 1.29 is 4.79 Å². The van der Waals surface area contributed by atoms with Crippen LogP contribution >= 0.6 is 27.7 Å². The van der Waals surface area contributed by atoms with Crippen LogP contribution in [0.2, 0.25) is 0 Å². The largest absolute Gasteiger partial charge is 0.293 e. The van der Waals surface area contributed by atoms with Crippen molar-refractivity contribution in [3.63, 3.8) is 0 Å². The standard InChI is InChI=1S/C11H10BrN3OS/c1-17-11(14-7-13)15-9-4-2-8(3-5-9)10(16)6-12/h2-5H,6H2,1H3,(H,14,15). The topological polar surface area (TPSA) is 65.2 Å². The van der Waals surface area contributed by atoms with Gasteiger partial charge in [0.15, 0.2) is 17.1 Å². The maximum absolute atomic E-state index is 11.4. The number of aliphatic imine (C=N–C) groups is 1. The number of hydrogen-bond acceptors (Lipinski definition) is 4. The number of thioether (sulfide) groups is 1. The summed E-state index contributed by atoms with van der Waals surface area (Å²) in [6.45, 7) is 0. The summed E-state index contributed by atoms with van der Waals surface area (Å²) in [5.74, 6) is 0.0285. The molecule has 1 aromatic rings. The third-order valence-corrected chi connectivity index (χ3v) is 2.99. The molecule has 0 aromatic heterocycles. The summed E-state index contributed by atoms with van der Waals surface area (Å²) in [5, 5.41) is 11.8. The SMILES string of the molecule is CSC(=Nc1ccc(C(=O)CBr)cc1)NC#N. The molecule has 0 heterocycles. The first-order valence-electron chi connectivity index (χ1n) is 4.68. The van der Waals surface area contributed by atoms with Gasteiger partial charge in [-0.2, -0.15) is 5.26 Å². The van der Waals surface area contributed by atoms with Gasteiger partial charge in [0.25, 0.3) is 0 Å². The second-order valence-electron chi connectivity index (χ2n) is 2.96. The molecule has 0 aliphatic carbocycles. The number of nitrogens with zero attached hydrogens (tertiary/aromatic N) is 2. The number of Topliss-reactive ketones (excluding diaryl/α,β-unsaturated/α-hetero) is 1. The average Bonchev–Trinajstić information content (AvgIpc) is 2.38. The van der Waals surface area contributed by atoms with Crippen LogP contribution in [-0.2, 0) is 0 Å². The van der Waals surface area contributed by atoms with E-state index in [0.717, 1.165) is 0 Å². The minimum absolute atomic E-state index is 0.0285. The summed E-state index contributed by atoms with van der Waals surface area (Å²) in [5.41, 5.74) is 1.34. The molecule has 0 saturated carbocycles. The smallest absolute Gasteiger partial charge is 0.183 e. The molecule has 0 radical (unpaired) electrons. The van der Waals surface area contributed by atoms with Gasteiger partial charge in [-0.3, -0.25) is 10.1 Å². The van der Waals surface area contributed by atoms with Crippen LogP contribution in [0.15, 0.2) is 29.3 Å². The van der Waals surface area contributed by atoms with E-state index in [0.29, 0.717) is 21.7 Å². The molecule has 17 heavy (non-hydrogen) atoms. The lowest BCUT2D eigenvalue weighted by atomic mass is 10.1. The molecule has 0 saturated heterocycles. The van der Waals surface area contributed by atoms with Crippen LogP contribution < -0.4 is 5.32 Å². The maximum atomic E-state index is 11.4. The summed E-state index contributed by atoms with van der Waals surface area (Å²) in [6.07, 6.45) is 3.64. The first kappa shape index (κ1) is 13.7. The van der Waals surface area contributed by atoms with E-state index < -0.39 is 0 Å². The van der Waals surface area contributed by atoms with Crippen LogP contribution in [0.4, 0.5) is 5.69 Å². The number of nitrogens with one attached hydrogen (secondary N) is 1. The molecule has 0 aliphatic heterocycles. The number of halogens is 1. The predicted molar refractivity (Wildman–Crippen MR) is 73.9 cm³/mol. The number of benzene rings is 1.